The summed E-state index contributed by atoms with van der Waals surface area (Å²) in [5.74, 6) is 0.127. The Kier molecular flexibility index (Phi) is 5.35. The van der Waals surface area contributed by atoms with Crippen LogP contribution in [0.15, 0.2) is 23.1 Å². The number of benzene rings is 1. The highest BCUT2D eigenvalue weighted by Gasteiger charge is 2.04. The number of aliphatic hydroxyl groups is 1. The maximum atomic E-state index is 11.1. The Morgan fingerprint density at radius 3 is 2.81 bits per heavy atom. The lowest BCUT2D eigenvalue weighted by Crippen LogP contribution is -2.06. The van der Waals surface area contributed by atoms with Gasteiger partial charge in [-0.3, -0.25) is 4.79 Å². The summed E-state index contributed by atoms with van der Waals surface area (Å²) in [6.07, 6.45) is 0. The van der Waals surface area contributed by atoms with Crippen LogP contribution >= 0.6 is 11.8 Å². The second kappa shape index (κ2) is 6.55. The van der Waals surface area contributed by atoms with E-state index in [9.17, 15) is 4.79 Å². The van der Waals surface area contributed by atoms with Crippen LogP contribution in [0.25, 0.3) is 0 Å². The van der Waals surface area contributed by atoms with Gasteiger partial charge in [0.15, 0.2) is 0 Å². The van der Waals surface area contributed by atoms with Crippen LogP contribution in [0.5, 0.6) is 0 Å². The topological polar surface area (TPSA) is 46.5 Å². The van der Waals surface area contributed by atoms with Gasteiger partial charge in [0.2, 0.25) is 0 Å². The number of esters is 1. The minimum absolute atomic E-state index is 0.0503. The van der Waals surface area contributed by atoms with Crippen molar-refractivity contribution >= 4 is 17.7 Å². The molecule has 0 aromatic heterocycles. The van der Waals surface area contributed by atoms with Gasteiger partial charge in [-0.15, -0.1) is 11.8 Å². The molecule has 0 aliphatic carbocycles. The fourth-order valence-electron chi connectivity index (χ4n) is 1.28. The van der Waals surface area contributed by atoms with E-state index in [1.807, 2.05) is 25.1 Å². The van der Waals surface area contributed by atoms with Crippen molar-refractivity contribution in [3.8, 4) is 0 Å². The standard InChI is InChI=1S/C12H16O3S/c1-3-15-12(14)8-16-11-5-4-10(7-13)9(2)6-11/h4-6,13H,3,7-8H2,1-2H3. The third kappa shape index (κ3) is 3.87. The molecule has 0 spiro atoms. The summed E-state index contributed by atoms with van der Waals surface area (Å²) in [6.45, 7) is 4.21. The summed E-state index contributed by atoms with van der Waals surface area (Å²) in [5, 5.41) is 9.02. The zero-order chi connectivity index (χ0) is 12.0. The van der Waals surface area contributed by atoms with E-state index in [-0.39, 0.29) is 12.6 Å². The zero-order valence-corrected chi connectivity index (χ0v) is 10.3. The number of carbonyl (C=O) groups is 1. The summed E-state index contributed by atoms with van der Waals surface area (Å²) < 4.78 is 4.84. The van der Waals surface area contributed by atoms with E-state index in [1.54, 1.807) is 6.92 Å². The Morgan fingerprint density at radius 2 is 2.25 bits per heavy atom. The molecule has 1 N–H and O–H groups in total. The number of thioether (sulfide) groups is 1. The predicted octanol–water partition coefficient (Wildman–Crippen LogP) is 2.14. The van der Waals surface area contributed by atoms with E-state index in [0.717, 1.165) is 16.0 Å². The Balaban J connectivity index is 2.55. The average Bonchev–Trinajstić information content (AvgIpc) is 2.27. The lowest BCUT2D eigenvalue weighted by atomic mass is 10.1. The number of hydrogen-bond acceptors (Lipinski definition) is 4. The second-order valence-corrected chi connectivity index (χ2v) is 4.39. The minimum Gasteiger partial charge on any atom is -0.465 e. The normalized spacial score (nSPS) is 10.2. The van der Waals surface area contributed by atoms with Crippen LogP contribution in [0.4, 0.5) is 0 Å². The summed E-state index contributed by atoms with van der Waals surface area (Å²) in [5.41, 5.74) is 1.96. The molecule has 1 aromatic rings. The molecule has 0 fully saturated rings. The van der Waals surface area contributed by atoms with Gasteiger partial charge in [-0.25, -0.2) is 0 Å². The van der Waals surface area contributed by atoms with Crippen LogP contribution < -0.4 is 0 Å². The first-order chi connectivity index (χ1) is 7.67. The molecule has 0 saturated carbocycles. The molecule has 1 rings (SSSR count). The molecular formula is C12H16O3S. The van der Waals surface area contributed by atoms with Gasteiger partial charge in [-0.05, 0) is 37.1 Å². The SMILES string of the molecule is CCOC(=O)CSc1ccc(CO)c(C)c1. The van der Waals surface area contributed by atoms with Crippen molar-refractivity contribution in [3.05, 3.63) is 29.3 Å². The molecule has 0 atom stereocenters. The van der Waals surface area contributed by atoms with Gasteiger partial charge in [0.05, 0.1) is 19.0 Å². The summed E-state index contributed by atoms with van der Waals surface area (Å²) in [7, 11) is 0. The van der Waals surface area contributed by atoms with Gasteiger partial charge in [-0.1, -0.05) is 6.07 Å². The Morgan fingerprint density at radius 1 is 1.50 bits per heavy atom. The third-order valence-electron chi connectivity index (χ3n) is 2.15. The molecule has 16 heavy (non-hydrogen) atoms. The van der Waals surface area contributed by atoms with Crippen LogP contribution in [0.1, 0.15) is 18.1 Å². The van der Waals surface area contributed by atoms with Crippen molar-refractivity contribution in [2.45, 2.75) is 25.3 Å². The zero-order valence-electron chi connectivity index (χ0n) is 9.53. The molecule has 0 unspecified atom stereocenters. The molecule has 4 heteroatoms. The highest BCUT2D eigenvalue weighted by atomic mass is 32.2. The number of hydrogen-bond donors (Lipinski definition) is 1. The average molecular weight is 240 g/mol. The number of ether oxygens (including phenoxy) is 1. The number of carbonyl (C=O) groups excluding carboxylic acids is 1. The van der Waals surface area contributed by atoms with Crippen LogP contribution in [-0.4, -0.2) is 23.4 Å². The van der Waals surface area contributed by atoms with Crippen molar-refractivity contribution < 1.29 is 14.6 Å². The molecule has 1 aromatic carbocycles. The molecule has 0 aliphatic rings. The fraction of sp³-hybridized carbons (Fsp3) is 0.417. The van der Waals surface area contributed by atoms with E-state index in [2.05, 4.69) is 0 Å². The molecular weight excluding hydrogens is 224 g/mol. The van der Waals surface area contributed by atoms with E-state index in [0.29, 0.717) is 12.4 Å². The molecule has 0 heterocycles. The van der Waals surface area contributed by atoms with Gasteiger partial charge in [0, 0.05) is 4.90 Å². The minimum atomic E-state index is -0.198. The van der Waals surface area contributed by atoms with Crippen LogP contribution in [-0.2, 0) is 16.1 Å². The quantitative estimate of drug-likeness (QED) is 0.632. The molecule has 3 nitrogen and oxygen atoms in total. The van der Waals surface area contributed by atoms with Crippen LogP contribution in [0.2, 0.25) is 0 Å². The molecule has 88 valence electrons. The number of aryl methyl sites for hydroxylation is 1. The Hall–Kier alpha value is -1.00. The van der Waals surface area contributed by atoms with E-state index in [4.69, 9.17) is 9.84 Å². The molecule has 0 saturated heterocycles. The highest BCUT2D eigenvalue weighted by Crippen LogP contribution is 2.21. The van der Waals surface area contributed by atoms with Gasteiger partial charge in [0.1, 0.15) is 0 Å². The number of aliphatic hydroxyl groups excluding tert-OH is 1. The van der Waals surface area contributed by atoms with Crippen LogP contribution in [0, 0.1) is 6.92 Å². The maximum absolute atomic E-state index is 11.1. The Bertz CT molecular complexity index is 363. The van der Waals surface area contributed by atoms with Crippen molar-refractivity contribution in [1.82, 2.24) is 0 Å². The molecule has 0 radical (unpaired) electrons. The largest absolute Gasteiger partial charge is 0.465 e. The first kappa shape index (κ1) is 13.1. The summed E-state index contributed by atoms with van der Waals surface area (Å²) in [6, 6.07) is 5.75. The van der Waals surface area contributed by atoms with Crippen molar-refractivity contribution in [3.63, 3.8) is 0 Å². The predicted molar refractivity (Wildman–Crippen MR) is 64.5 cm³/mol. The first-order valence-electron chi connectivity index (χ1n) is 5.16. The lowest BCUT2D eigenvalue weighted by molar-refractivity contribution is -0.139. The number of rotatable bonds is 5. The summed E-state index contributed by atoms with van der Waals surface area (Å²) in [4.78, 5) is 12.2. The smallest absolute Gasteiger partial charge is 0.316 e. The van der Waals surface area contributed by atoms with Crippen molar-refractivity contribution in [2.75, 3.05) is 12.4 Å². The van der Waals surface area contributed by atoms with Gasteiger partial charge in [0.25, 0.3) is 0 Å². The van der Waals surface area contributed by atoms with Gasteiger partial charge in [-0.2, -0.15) is 0 Å². The van der Waals surface area contributed by atoms with E-state index < -0.39 is 0 Å². The highest BCUT2D eigenvalue weighted by molar-refractivity contribution is 8.00. The first-order valence-corrected chi connectivity index (χ1v) is 6.14. The van der Waals surface area contributed by atoms with E-state index >= 15 is 0 Å². The third-order valence-corrected chi connectivity index (χ3v) is 3.11. The van der Waals surface area contributed by atoms with Crippen molar-refractivity contribution in [2.24, 2.45) is 0 Å². The van der Waals surface area contributed by atoms with Gasteiger partial charge >= 0.3 is 5.97 Å². The fourth-order valence-corrected chi connectivity index (χ4v) is 2.07. The van der Waals surface area contributed by atoms with Crippen LogP contribution in [0.3, 0.4) is 0 Å². The Labute approximate surface area is 99.8 Å². The summed E-state index contributed by atoms with van der Waals surface area (Å²) >= 11 is 1.45. The van der Waals surface area contributed by atoms with Gasteiger partial charge < -0.3 is 9.84 Å². The second-order valence-electron chi connectivity index (χ2n) is 3.34. The lowest BCUT2D eigenvalue weighted by Gasteiger charge is -2.06. The monoisotopic (exact) mass is 240 g/mol. The molecule has 0 amide bonds. The van der Waals surface area contributed by atoms with E-state index in [1.165, 1.54) is 11.8 Å². The maximum Gasteiger partial charge on any atom is 0.316 e. The molecule has 0 bridgehead atoms. The van der Waals surface area contributed by atoms with Crippen molar-refractivity contribution in [1.29, 1.82) is 0 Å². The molecule has 0 aliphatic heterocycles.